The Morgan fingerprint density at radius 1 is 1.27 bits per heavy atom. The molecule has 0 radical (unpaired) electrons. The average Bonchev–Trinajstić information content (AvgIpc) is 2.53. The lowest BCUT2D eigenvalue weighted by atomic mass is 10.2. The number of rotatable bonds is 6. The molecule has 2 aromatic carbocycles. The van der Waals surface area contributed by atoms with E-state index >= 15 is 0 Å². The van der Waals surface area contributed by atoms with Gasteiger partial charge in [-0.2, -0.15) is 5.10 Å². The van der Waals surface area contributed by atoms with E-state index in [-0.39, 0.29) is 18.3 Å². The van der Waals surface area contributed by atoms with E-state index in [1.54, 1.807) is 24.3 Å². The van der Waals surface area contributed by atoms with Crippen molar-refractivity contribution in [3.05, 3.63) is 59.7 Å². The van der Waals surface area contributed by atoms with Crippen LogP contribution >= 0.6 is 0 Å². The number of benzene rings is 2. The van der Waals surface area contributed by atoms with Crippen molar-refractivity contribution >= 4 is 12.1 Å². The Kier molecular flexibility index (Phi) is 5.54. The molecule has 114 valence electrons. The third-order valence-corrected chi connectivity index (χ3v) is 2.97. The van der Waals surface area contributed by atoms with Crippen LogP contribution in [0.1, 0.15) is 18.1 Å². The fourth-order valence-electron chi connectivity index (χ4n) is 1.79. The number of carbonyl (C=O) groups is 1. The first-order valence-corrected chi connectivity index (χ1v) is 7.00. The summed E-state index contributed by atoms with van der Waals surface area (Å²) in [5.41, 5.74) is 4.27. The molecule has 0 unspecified atom stereocenters. The first-order chi connectivity index (χ1) is 10.7. The number of carbonyl (C=O) groups excluding carboxylic acids is 1. The lowest BCUT2D eigenvalue weighted by molar-refractivity contribution is -0.123. The minimum atomic E-state index is -0.351. The van der Waals surface area contributed by atoms with Crippen LogP contribution in [0.5, 0.6) is 11.5 Å². The molecular formula is C17H18N2O3. The lowest BCUT2D eigenvalue weighted by Gasteiger charge is -2.05. The highest BCUT2D eigenvalue weighted by Gasteiger charge is 2.01. The number of amides is 1. The first-order valence-electron chi connectivity index (χ1n) is 7.00. The number of hydrogen-bond donors (Lipinski definition) is 2. The Labute approximate surface area is 129 Å². The summed E-state index contributed by atoms with van der Waals surface area (Å²) in [5, 5.41) is 13.1. The van der Waals surface area contributed by atoms with E-state index in [4.69, 9.17) is 4.74 Å². The molecule has 0 atom stereocenters. The standard InChI is InChI=1S/C17H18N2O3/c1-2-13-6-8-16(9-7-13)22-12-17(21)19-18-11-14-4-3-5-15(20)10-14/h3-11,20H,2,12H2,1H3,(H,19,21)/b18-11-. The summed E-state index contributed by atoms with van der Waals surface area (Å²) in [4.78, 5) is 11.6. The van der Waals surface area contributed by atoms with Crippen molar-refractivity contribution in [2.75, 3.05) is 6.61 Å². The van der Waals surface area contributed by atoms with Crippen LogP contribution in [0, 0.1) is 0 Å². The zero-order valence-corrected chi connectivity index (χ0v) is 12.3. The maximum atomic E-state index is 11.6. The highest BCUT2D eigenvalue weighted by Crippen LogP contribution is 2.12. The number of aromatic hydroxyl groups is 1. The number of phenolic OH excluding ortho intramolecular Hbond substituents is 1. The van der Waals surface area contributed by atoms with Gasteiger partial charge in [-0.25, -0.2) is 5.43 Å². The minimum absolute atomic E-state index is 0.108. The second-order valence-electron chi connectivity index (χ2n) is 4.67. The number of hydrogen-bond acceptors (Lipinski definition) is 4. The van der Waals surface area contributed by atoms with Crippen molar-refractivity contribution in [3.63, 3.8) is 0 Å². The molecule has 0 aliphatic heterocycles. The molecular weight excluding hydrogens is 280 g/mol. The fourth-order valence-corrected chi connectivity index (χ4v) is 1.79. The van der Waals surface area contributed by atoms with Gasteiger partial charge in [-0.3, -0.25) is 4.79 Å². The highest BCUT2D eigenvalue weighted by molar-refractivity contribution is 5.83. The second-order valence-corrected chi connectivity index (χ2v) is 4.67. The molecule has 0 fully saturated rings. The number of ether oxygens (including phenoxy) is 1. The Morgan fingerprint density at radius 2 is 2.05 bits per heavy atom. The summed E-state index contributed by atoms with van der Waals surface area (Å²) in [6.07, 6.45) is 2.41. The molecule has 5 nitrogen and oxygen atoms in total. The summed E-state index contributed by atoms with van der Waals surface area (Å²) in [5.74, 6) is 0.439. The SMILES string of the molecule is CCc1ccc(OCC(=O)N/N=C\c2cccc(O)c2)cc1. The van der Waals surface area contributed by atoms with Gasteiger partial charge >= 0.3 is 0 Å². The second kappa shape index (κ2) is 7.83. The summed E-state index contributed by atoms with van der Waals surface area (Å²) in [6.45, 7) is 1.97. The molecule has 0 aliphatic carbocycles. The molecule has 0 heterocycles. The van der Waals surface area contributed by atoms with Crippen molar-refractivity contribution in [1.29, 1.82) is 0 Å². The van der Waals surface area contributed by atoms with Gasteiger partial charge in [0, 0.05) is 0 Å². The molecule has 0 saturated carbocycles. The van der Waals surface area contributed by atoms with Gasteiger partial charge in [-0.1, -0.05) is 31.2 Å². The Bertz CT molecular complexity index is 651. The van der Waals surface area contributed by atoms with Crippen LogP contribution in [-0.4, -0.2) is 23.8 Å². The van der Waals surface area contributed by atoms with E-state index in [1.165, 1.54) is 11.8 Å². The predicted octanol–water partition coefficient (Wildman–Crippen LogP) is 2.48. The van der Waals surface area contributed by atoms with Crippen LogP contribution in [0.4, 0.5) is 0 Å². The third kappa shape index (κ3) is 4.94. The monoisotopic (exact) mass is 298 g/mol. The lowest BCUT2D eigenvalue weighted by Crippen LogP contribution is -2.24. The maximum Gasteiger partial charge on any atom is 0.277 e. The van der Waals surface area contributed by atoms with Crippen LogP contribution in [0.25, 0.3) is 0 Å². The van der Waals surface area contributed by atoms with Gasteiger partial charge in [0.2, 0.25) is 0 Å². The summed E-state index contributed by atoms with van der Waals surface area (Å²) < 4.78 is 5.36. The Hall–Kier alpha value is -2.82. The van der Waals surface area contributed by atoms with Gasteiger partial charge < -0.3 is 9.84 Å². The quantitative estimate of drug-likeness (QED) is 0.636. The van der Waals surface area contributed by atoms with Crippen LogP contribution in [0.3, 0.4) is 0 Å². The van der Waals surface area contributed by atoms with Gasteiger partial charge in [-0.05, 0) is 41.8 Å². The third-order valence-electron chi connectivity index (χ3n) is 2.97. The van der Waals surface area contributed by atoms with Gasteiger partial charge in [0.25, 0.3) is 5.91 Å². The average molecular weight is 298 g/mol. The Balaban J connectivity index is 1.77. The van der Waals surface area contributed by atoms with Crippen molar-refractivity contribution in [3.8, 4) is 11.5 Å². The van der Waals surface area contributed by atoms with Crippen LogP contribution in [0.15, 0.2) is 53.6 Å². The van der Waals surface area contributed by atoms with Gasteiger partial charge in [0.05, 0.1) is 6.21 Å². The minimum Gasteiger partial charge on any atom is -0.508 e. The predicted molar refractivity (Wildman–Crippen MR) is 85.2 cm³/mol. The summed E-state index contributed by atoms with van der Waals surface area (Å²) in [7, 11) is 0. The van der Waals surface area contributed by atoms with E-state index in [9.17, 15) is 9.90 Å². The van der Waals surface area contributed by atoms with E-state index in [2.05, 4.69) is 17.5 Å². The maximum absolute atomic E-state index is 11.6. The van der Waals surface area contributed by atoms with Crippen LogP contribution < -0.4 is 10.2 Å². The molecule has 1 amide bonds. The molecule has 2 N–H and O–H groups in total. The van der Waals surface area contributed by atoms with Crippen molar-refractivity contribution in [2.45, 2.75) is 13.3 Å². The normalized spacial score (nSPS) is 10.6. The van der Waals surface area contributed by atoms with Crippen molar-refractivity contribution in [1.82, 2.24) is 5.43 Å². The number of nitrogens with one attached hydrogen (secondary N) is 1. The van der Waals surface area contributed by atoms with E-state index < -0.39 is 0 Å². The fraction of sp³-hybridized carbons (Fsp3) is 0.176. The van der Waals surface area contributed by atoms with Crippen molar-refractivity contribution < 1.29 is 14.6 Å². The highest BCUT2D eigenvalue weighted by atomic mass is 16.5. The molecule has 22 heavy (non-hydrogen) atoms. The molecule has 0 aliphatic rings. The van der Waals surface area contributed by atoms with E-state index in [1.807, 2.05) is 24.3 Å². The molecule has 5 heteroatoms. The molecule has 0 spiro atoms. The zero-order chi connectivity index (χ0) is 15.8. The van der Waals surface area contributed by atoms with Gasteiger partial charge in [0.1, 0.15) is 11.5 Å². The van der Waals surface area contributed by atoms with Gasteiger partial charge in [-0.15, -0.1) is 0 Å². The van der Waals surface area contributed by atoms with Crippen LogP contribution in [-0.2, 0) is 11.2 Å². The molecule has 0 bridgehead atoms. The molecule has 0 saturated heterocycles. The van der Waals surface area contributed by atoms with Crippen molar-refractivity contribution in [2.24, 2.45) is 5.10 Å². The molecule has 2 aromatic rings. The smallest absolute Gasteiger partial charge is 0.277 e. The van der Waals surface area contributed by atoms with Gasteiger partial charge in [0.15, 0.2) is 6.61 Å². The van der Waals surface area contributed by atoms with E-state index in [0.29, 0.717) is 11.3 Å². The molecule has 2 rings (SSSR count). The van der Waals surface area contributed by atoms with Crippen LogP contribution in [0.2, 0.25) is 0 Å². The summed E-state index contributed by atoms with van der Waals surface area (Å²) in [6, 6.07) is 14.2. The van der Waals surface area contributed by atoms with E-state index in [0.717, 1.165) is 6.42 Å². The number of phenols is 1. The Morgan fingerprint density at radius 3 is 2.73 bits per heavy atom. The largest absolute Gasteiger partial charge is 0.508 e. The zero-order valence-electron chi connectivity index (χ0n) is 12.3. The summed E-state index contributed by atoms with van der Waals surface area (Å²) >= 11 is 0. The topological polar surface area (TPSA) is 70.9 Å². The number of hydrazone groups is 1. The number of nitrogens with zero attached hydrogens (tertiary/aromatic N) is 1. The first kappa shape index (κ1) is 15.6. The molecule has 0 aromatic heterocycles. The number of aryl methyl sites for hydroxylation is 1.